The molecule has 0 bridgehead atoms. The highest BCUT2D eigenvalue weighted by atomic mass is 15.3. The predicted octanol–water partition coefficient (Wildman–Crippen LogP) is 2.04. The first-order valence-corrected chi connectivity index (χ1v) is 4.58. The predicted molar refractivity (Wildman–Crippen MR) is 58.1 cm³/mol. The summed E-state index contributed by atoms with van der Waals surface area (Å²) in [7, 11) is 0. The van der Waals surface area contributed by atoms with Gasteiger partial charge in [-0.3, -0.25) is 0 Å². The highest BCUT2D eigenvalue weighted by molar-refractivity contribution is 5.72. The van der Waals surface area contributed by atoms with Crippen molar-refractivity contribution in [1.82, 2.24) is 20.4 Å². The Morgan fingerprint density at radius 1 is 0.933 bits per heavy atom. The molecule has 0 amide bonds. The Morgan fingerprint density at radius 2 is 1.60 bits per heavy atom. The van der Waals surface area contributed by atoms with E-state index in [0.29, 0.717) is 0 Å². The second kappa shape index (κ2) is 4.85. The molecule has 0 fully saturated rings. The summed E-state index contributed by atoms with van der Waals surface area (Å²) >= 11 is 0. The molecule has 1 aromatic carbocycles. The maximum atomic E-state index is 3.75. The van der Waals surface area contributed by atoms with Crippen LogP contribution in [-0.4, -0.2) is 20.4 Å². The van der Waals surface area contributed by atoms with Crippen LogP contribution in [-0.2, 0) is 0 Å². The first-order valence-electron chi connectivity index (χ1n) is 4.58. The van der Waals surface area contributed by atoms with Gasteiger partial charge < -0.3 is 4.98 Å². The lowest BCUT2D eigenvalue weighted by atomic mass is 10.4. The molecule has 4 heteroatoms. The third-order valence-electron chi connectivity index (χ3n) is 1.81. The number of benzene rings is 1. The molecule has 0 aliphatic heterocycles. The summed E-state index contributed by atoms with van der Waals surface area (Å²) in [6.07, 6.45) is 3.45. The lowest BCUT2D eigenvalue weighted by molar-refractivity contribution is 0.895. The molecular weight excluding hydrogens is 188 g/mol. The van der Waals surface area contributed by atoms with Gasteiger partial charge in [-0.15, -0.1) is 10.2 Å². The van der Waals surface area contributed by atoms with E-state index in [2.05, 4.69) is 20.4 Å². The number of nitrogens with zero attached hydrogens (tertiary/aromatic N) is 3. The van der Waals surface area contributed by atoms with E-state index in [4.69, 9.17) is 0 Å². The van der Waals surface area contributed by atoms with Crippen LogP contribution in [0.3, 0.4) is 0 Å². The molecule has 0 atom stereocenters. The first kappa shape index (κ1) is 9.33. The lowest BCUT2D eigenvalue weighted by Crippen LogP contribution is -1.83. The van der Waals surface area contributed by atoms with Crippen LogP contribution in [0.1, 0.15) is 0 Å². The fourth-order valence-corrected chi connectivity index (χ4v) is 1.11. The second-order valence-corrected chi connectivity index (χ2v) is 2.87. The van der Waals surface area contributed by atoms with Gasteiger partial charge in [0, 0.05) is 6.20 Å². The Balaban J connectivity index is 0.000000124. The van der Waals surface area contributed by atoms with Crippen LogP contribution in [0.2, 0.25) is 0 Å². The maximum Gasteiger partial charge on any atom is 0.114 e. The van der Waals surface area contributed by atoms with Gasteiger partial charge in [0.2, 0.25) is 0 Å². The Kier molecular flexibility index (Phi) is 3.02. The largest absolute Gasteiger partial charge is 0.358 e. The third-order valence-corrected chi connectivity index (χ3v) is 1.81. The highest BCUT2D eigenvalue weighted by Crippen LogP contribution is 2.02. The Bertz CT molecular complexity index is 447. The molecule has 2 heterocycles. The number of hydrogen-bond acceptors (Lipinski definition) is 3. The van der Waals surface area contributed by atoms with Crippen LogP contribution in [0.25, 0.3) is 11.0 Å². The smallest absolute Gasteiger partial charge is 0.114 e. The van der Waals surface area contributed by atoms with E-state index < -0.39 is 0 Å². The van der Waals surface area contributed by atoms with Crippen molar-refractivity contribution in [3.8, 4) is 0 Å². The second-order valence-electron chi connectivity index (χ2n) is 2.87. The monoisotopic (exact) mass is 198 g/mol. The summed E-state index contributed by atoms with van der Waals surface area (Å²) in [5.41, 5.74) is 1.77. The molecule has 0 unspecified atom stereocenters. The van der Waals surface area contributed by atoms with Gasteiger partial charge in [-0.25, -0.2) is 0 Å². The summed E-state index contributed by atoms with van der Waals surface area (Å²) in [5, 5.41) is 10.8. The maximum absolute atomic E-state index is 3.75. The van der Waals surface area contributed by atoms with E-state index in [9.17, 15) is 0 Å². The minimum absolute atomic E-state index is 0.852. The minimum Gasteiger partial charge on any atom is -0.358 e. The molecule has 0 spiro atoms. The molecule has 0 saturated heterocycles. The zero-order chi connectivity index (χ0) is 10.3. The van der Waals surface area contributed by atoms with E-state index in [1.807, 2.05) is 42.5 Å². The average molecular weight is 198 g/mol. The van der Waals surface area contributed by atoms with E-state index in [-0.39, 0.29) is 0 Å². The van der Waals surface area contributed by atoms with Crippen LogP contribution in [0, 0.1) is 0 Å². The fourth-order valence-electron chi connectivity index (χ4n) is 1.11. The molecule has 0 aliphatic carbocycles. The topological polar surface area (TPSA) is 54.5 Å². The molecule has 15 heavy (non-hydrogen) atoms. The summed E-state index contributed by atoms with van der Waals surface area (Å²) in [6, 6.07) is 13.9. The highest BCUT2D eigenvalue weighted by Gasteiger charge is 1.90. The van der Waals surface area contributed by atoms with Gasteiger partial charge in [0.15, 0.2) is 0 Å². The van der Waals surface area contributed by atoms with Crippen LogP contribution >= 0.6 is 0 Å². The molecular formula is C11H10N4. The molecule has 4 nitrogen and oxygen atoms in total. The molecule has 0 radical (unpaired) electrons. The van der Waals surface area contributed by atoms with Crippen LogP contribution in [0.15, 0.2) is 54.9 Å². The van der Waals surface area contributed by atoms with Crippen LogP contribution in [0.5, 0.6) is 0 Å². The van der Waals surface area contributed by atoms with Crippen LogP contribution in [0.4, 0.5) is 0 Å². The summed E-state index contributed by atoms with van der Waals surface area (Å²) in [4.78, 5) is 2.95. The summed E-state index contributed by atoms with van der Waals surface area (Å²) < 4.78 is 0. The van der Waals surface area contributed by atoms with Gasteiger partial charge in [0.1, 0.15) is 5.52 Å². The molecule has 0 aliphatic rings. The van der Waals surface area contributed by atoms with Gasteiger partial charge in [-0.2, -0.15) is 0 Å². The number of aromatic nitrogens is 4. The first-order chi connectivity index (χ1) is 7.47. The number of H-pyrrole nitrogens is 1. The number of fused-ring (bicyclic) bond motifs is 1. The Hall–Kier alpha value is -2.23. The van der Waals surface area contributed by atoms with Gasteiger partial charge in [0.05, 0.1) is 11.7 Å². The average Bonchev–Trinajstić information content (AvgIpc) is 2.80. The SMILES string of the molecule is c1cc2nnncc2[nH]1.c1ccccc1. The zero-order valence-corrected chi connectivity index (χ0v) is 8.04. The quantitative estimate of drug-likeness (QED) is 0.601. The van der Waals surface area contributed by atoms with Crippen molar-refractivity contribution in [2.45, 2.75) is 0 Å². The van der Waals surface area contributed by atoms with E-state index in [1.165, 1.54) is 0 Å². The Morgan fingerprint density at radius 3 is 2.20 bits per heavy atom. The van der Waals surface area contributed by atoms with Crippen molar-refractivity contribution >= 4 is 11.0 Å². The van der Waals surface area contributed by atoms with Crippen molar-refractivity contribution in [3.05, 3.63) is 54.9 Å². The molecule has 74 valence electrons. The molecule has 2 aromatic heterocycles. The van der Waals surface area contributed by atoms with Gasteiger partial charge in [-0.1, -0.05) is 36.4 Å². The molecule has 1 N–H and O–H groups in total. The van der Waals surface area contributed by atoms with Crippen molar-refractivity contribution in [1.29, 1.82) is 0 Å². The molecule has 3 aromatic rings. The van der Waals surface area contributed by atoms with Gasteiger partial charge in [-0.05, 0) is 11.3 Å². The third kappa shape index (κ3) is 2.60. The van der Waals surface area contributed by atoms with Crippen molar-refractivity contribution in [3.63, 3.8) is 0 Å². The standard InChI is InChI=1S/C6H6.C5H4N4/c1-2-4-6-5-3-1;1-2-6-5-3-7-9-8-4(1)5/h1-6H;1-3,6H. The van der Waals surface area contributed by atoms with Crippen molar-refractivity contribution in [2.24, 2.45) is 0 Å². The molecule has 0 saturated carbocycles. The van der Waals surface area contributed by atoms with Crippen LogP contribution < -0.4 is 0 Å². The number of nitrogens with one attached hydrogen (secondary N) is 1. The van der Waals surface area contributed by atoms with Crippen molar-refractivity contribution in [2.75, 3.05) is 0 Å². The molecule has 3 rings (SSSR count). The van der Waals surface area contributed by atoms with Crippen molar-refractivity contribution < 1.29 is 0 Å². The van der Waals surface area contributed by atoms with E-state index in [1.54, 1.807) is 12.4 Å². The number of hydrogen-bond donors (Lipinski definition) is 1. The minimum atomic E-state index is 0.852. The zero-order valence-electron chi connectivity index (χ0n) is 8.04. The van der Waals surface area contributed by atoms with E-state index >= 15 is 0 Å². The lowest BCUT2D eigenvalue weighted by Gasteiger charge is -1.80. The van der Waals surface area contributed by atoms with E-state index in [0.717, 1.165) is 11.0 Å². The Labute approximate surface area is 87.0 Å². The number of rotatable bonds is 0. The normalized spacial score (nSPS) is 9.33. The fraction of sp³-hybridized carbons (Fsp3) is 0. The van der Waals surface area contributed by atoms with Gasteiger partial charge in [0.25, 0.3) is 0 Å². The number of aromatic amines is 1. The summed E-state index contributed by atoms with van der Waals surface area (Å²) in [6.45, 7) is 0. The summed E-state index contributed by atoms with van der Waals surface area (Å²) in [5.74, 6) is 0. The van der Waals surface area contributed by atoms with Gasteiger partial charge >= 0.3 is 0 Å².